The average molecular weight is 329 g/mol. The molecule has 24 heavy (non-hydrogen) atoms. The van der Waals surface area contributed by atoms with Crippen molar-refractivity contribution in [2.75, 3.05) is 20.3 Å². The molecule has 1 aliphatic rings. The predicted octanol–water partition coefficient (Wildman–Crippen LogP) is 3.42. The van der Waals surface area contributed by atoms with E-state index in [1.807, 2.05) is 37.3 Å². The van der Waals surface area contributed by atoms with Crippen molar-refractivity contribution in [2.45, 2.75) is 32.4 Å². The maximum Gasteiger partial charge on any atom is 0.257 e. The zero-order valence-corrected chi connectivity index (χ0v) is 14.2. The van der Waals surface area contributed by atoms with Crippen LogP contribution in [-0.4, -0.2) is 37.2 Å². The van der Waals surface area contributed by atoms with Crippen molar-refractivity contribution in [3.05, 3.63) is 53.5 Å². The van der Waals surface area contributed by atoms with Crippen LogP contribution >= 0.6 is 0 Å². The summed E-state index contributed by atoms with van der Waals surface area (Å²) in [4.78, 5) is 14.4. The van der Waals surface area contributed by atoms with Gasteiger partial charge in [0.2, 0.25) is 0 Å². The van der Waals surface area contributed by atoms with E-state index >= 15 is 0 Å². The Morgan fingerprint density at radius 1 is 1.29 bits per heavy atom. The van der Waals surface area contributed by atoms with Crippen LogP contribution < -0.4 is 4.74 Å². The van der Waals surface area contributed by atoms with Crippen LogP contribution in [0.4, 0.5) is 0 Å². The minimum Gasteiger partial charge on any atom is -0.490 e. The number of rotatable bonds is 6. The zero-order chi connectivity index (χ0) is 16.9. The van der Waals surface area contributed by atoms with Crippen molar-refractivity contribution in [2.24, 2.45) is 0 Å². The number of aryl methyl sites for hydroxylation is 1. The molecule has 0 spiro atoms. The summed E-state index contributed by atoms with van der Waals surface area (Å²) >= 11 is 0. The highest BCUT2D eigenvalue weighted by atomic mass is 16.5. The van der Waals surface area contributed by atoms with Crippen molar-refractivity contribution in [3.63, 3.8) is 0 Å². The Bertz CT molecular complexity index is 688. The number of carbonyl (C=O) groups excluding carboxylic acids is 1. The van der Waals surface area contributed by atoms with E-state index in [0.29, 0.717) is 24.5 Å². The van der Waals surface area contributed by atoms with Crippen LogP contribution in [0.15, 0.2) is 40.8 Å². The van der Waals surface area contributed by atoms with E-state index in [4.69, 9.17) is 13.9 Å². The molecule has 1 aromatic heterocycles. The molecule has 2 aromatic rings. The molecule has 128 valence electrons. The van der Waals surface area contributed by atoms with Gasteiger partial charge in [-0.1, -0.05) is 12.1 Å². The van der Waals surface area contributed by atoms with Gasteiger partial charge < -0.3 is 18.8 Å². The van der Waals surface area contributed by atoms with E-state index in [1.54, 1.807) is 18.0 Å². The molecule has 0 bridgehead atoms. The van der Waals surface area contributed by atoms with Crippen molar-refractivity contribution in [3.8, 4) is 5.75 Å². The van der Waals surface area contributed by atoms with E-state index in [9.17, 15) is 4.79 Å². The Labute approximate surface area is 142 Å². The van der Waals surface area contributed by atoms with Gasteiger partial charge in [-0.25, -0.2) is 0 Å². The minimum absolute atomic E-state index is 0.0907. The maximum absolute atomic E-state index is 12.7. The van der Waals surface area contributed by atoms with Gasteiger partial charge in [-0.3, -0.25) is 4.79 Å². The molecule has 1 aromatic carbocycles. The summed E-state index contributed by atoms with van der Waals surface area (Å²) in [6.07, 6.45) is 2.20. The number of ether oxygens (including phenoxy) is 2. The van der Waals surface area contributed by atoms with Crippen LogP contribution in [0.2, 0.25) is 0 Å². The topological polar surface area (TPSA) is 51.9 Å². The number of amides is 1. The molecule has 1 atom stereocenters. The van der Waals surface area contributed by atoms with Crippen molar-refractivity contribution in [1.82, 2.24) is 4.90 Å². The fourth-order valence-corrected chi connectivity index (χ4v) is 2.81. The standard InChI is InChI=1S/C19H23NO4/c1-14-9-10-15(24-14)12-20(2)19(21)17-7-3-4-8-18(17)23-13-16-6-5-11-22-16/h3-4,7-10,16H,5-6,11-13H2,1-2H3. The maximum atomic E-state index is 12.7. The molecule has 5 nitrogen and oxygen atoms in total. The summed E-state index contributed by atoms with van der Waals surface area (Å²) in [6.45, 7) is 3.58. The Morgan fingerprint density at radius 2 is 2.12 bits per heavy atom. The monoisotopic (exact) mass is 329 g/mol. The third-order valence-electron chi connectivity index (χ3n) is 4.10. The second-order valence-electron chi connectivity index (χ2n) is 6.12. The first-order chi connectivity index (χ1) is 11.6. The van der Waals surface area contributed by atoms with E-state index in [1.165, 1.54) is 0 Å². The molecule has 3 rings (SSSR count). The van der Waals surface area contributed by atoms with Gasteiger partial charge in [-0.05, 0) is 44.0 Å². The van der Waals surface area contributed by atoms with Gasteiger partial charge in [0.15, 0.2) is 0 Å². The van der Waals surface area contributed by atoms with Gasteiger partial charge in [0.1, 0.15) is 23.9 Å². The lowest BCUT2D eigenvalue weighted by atomic mass is 10.1. The first-order valence-electron chi connectivity index (χ1n) is 8.27. The second kappa shape index (κ2) is 7.53. The number of carbonyl (C=O) groups is 1. The van der Waals surface area contributed by atoms with Crippen LogP contribution in [0, 0.1) is 6.92 Å². The van der Waals surface area contributed by atoms with Crippen LogP contribution in [0.3, 0.4) is 0 Å². The Balaban J connectivity index is 1.66. The molecule has 0 saturated carbocycles. The third kappa shape index (κ3) is 3.97. The molecule has 1 fully saturated rings. The number of nitrogens with zero attached hydrogens (tertiary/aromatic N) is 1. The molecule has 0 radical (unpaired) electrons. The summed E-state index contributed by atoms with van der Waals surface area (Å²) in [5, 5.41) is 0. The molecule has 1 aliphatic heterocycles. The van der Waals surface area contributed by atoms with Crippen LogP contribution in [0.1, 0.15) is 34.7 Å². The van der Waals surface area contributed by atoms with E-state index < -0.39 is 0 Å². The average Bonchev–Trinajstić information content (AvgIpc) is 3.24. The molecule has 0 N–H and O–H groups in total. The van der Waals surface area contributed by atoms with E-state index in [-0.39, 0.29) is 12.0 Å². The molecular formula is C19H23NO4. The van der Waals surface area contributed by atoms with Crippen LogP contribution in [-0.2, 0) is 11.3 Å². The Kier molecular flexibility index (Phi) is 5.20. The second-order valence-corrected chi connectivity index (χ2v) is 6.12. The number of hydrogen-bond acceptors (Lipinski definition) is 4. The summed E-state index contributed by atoms with van der Waals surface area (Å²) in [7, 11) is 1.76. The van der Waals surface area contributed by atoms with Gasteiger partial charge in [0.05, 0.1) is 18.2 Å². The normalized spacial score (nSPS) is 17.0. The molecule has 1 saturated heterocycles. The molecule has 1 unspecified atom stereocenters. The zero-order valence-electron chi connectivity index (χ0n) is 14.2. The highest BCUT2D eigenvalue weighted by Gasteiger charge is 2.20. The van der Waals surface area contributed by atoms with Crippen LogP contribution in [0.5, 0.6) is 5.75 Å². The van der Waals surface area contributed by atoms with Gasteiger partial charge >= 0.3 is 0 Å². The summed E-state index contributed by atoms with van der Waals surface area (Å²) in [5.74, 6) is 2.11. The molecule has 1 amide bonds. The number of hydrogen-bond donors (Lipinski definition) is 0. The molecule has 0 aliphatic carbocycles. The summed E-state index contributed by atoms with van der Waals surface area (Å²) in [6, 6.07) is 11.1. The van der Waals surface area contributed by atoms with E-state index in [0.717, 1.165) is 31.0 Å². The van der Waals surface area contributed by atoms with Crippen molar-refractivity contribution >= 4 is 5.91 Å². The first-order valence-corrected chi connectivity index (χ1v) is 8.27. The van der Waals surface area contributed by atoms with E-state index in [2.05, 4.69) is 0 Å². The van der Waals surface area contributed by atoms with Crippen molar-refractivity contribution < 1.29 is 18.7 Å². The fourth-order valence-electron chi connectivity index (χ4n) is 2.81. The van der Waals surface area contributed by atoms with Crippen LogP contribution in [0.25, 0.3) is 0 Å². The lowest BCUT2D eigenvalue weighted by Crippen LogP contribution is -2.27. The quantitative estimate of drug-likeness (QED) is 0.815. The van der Waals surface area contributed by atoms with Crippen molar-refractivity contribution in [1.29, 1.82) is 0 Å². The minimum atomic E-state index is -0.0907. The largest absolute Gasteiger partial charge is 0.490 e. The molecule has 5 heteroatoms. The summed E-state index contributed by atoms with van der Waals surface area (Å²) < 4.78 is 17.0. The number of benzene rings is 1. The predicted molar refractivity (Wildman–Crippen MR) is 90.2 cm³/mol. The highest BCUT2D eigenvalue weighted by molar-refractivity contribution is 5.96. The van der Waals surface area contributed by atoms with Gasteiger partial charge in [0.25, 0.3) is 5.91 Å². The van der Waals surface area contributed by atoms with Gasteiger partial charge in [-0.2, -0.15) is 0 Å². The third-order valence-corrected chi connectivity index (χ3v) is 4.10. The van der Waals surface area contributed by atoms with Gasteiger partial charge in [0, 0.05) is 13.7 Å². The lowest BCUT2D eigenvalue weighted by molar-refractivity contribution is 0.0655. The Morgan fingerprint density at radius 3 is 2.83 bits per heavy atom. The lowest BCUT2D eigenvalue weighted by Gasteiger charge is -2.19. The highest BCUT2D eigenvalue weighted by Crippen LogP contribution is 2.22. The fraction of sp³-hybridized carbons (Fsp3) is 0.421. The smallest absolute Gasteiger partial charge is 0.257 e. The first kappa shape index (κ1) is 16.6. The number of furan rings is 1. The SMILES string of the molecule is Cc1ccc(CN(C)C(=O)c2ccccc2OCC2CCCO2)o1. The number of para-hydroxylation sites is 1. The molecular weight excluding hydrogens is 306 g/mol. The molecule has 2 heterocycles. The summed E-state index contributed by atoms with van der Waals surface area (Å²) in [5.41, 5.74) is 0.557. The Hall–Kier alpha value is -2.27. The van der Waals surface area contributed by atoms with Gasteiger partial charge in [-0.15, -0.1) is 0 Å².